The molecule has 0 unspecified atom stereocenters. The van der Waals surface area contributed by atoms with Gasteiger partial charge < -0.3 is 9.15 Å². The summed E-state index contributed by atoms with van der Waals surface area (Å²) in [5, 5.41) is 11.3. The lowest BCUT2D eigenvalue weighted by Gasteiger charge is -2.06. The first-order chi connectivity index (χ1) is 13.7. The first-order valence-electron chi connectivity index (χ1n) is 8.31. The van der Waals surface area contributed by atoms with Gasteiger partial charge in [-0.05, 0) is 31.2 Å². The van der Waals surface area contributed by atoms with Crippen molar-refractivity contribution in [1.29, 1.82) is 0 Å². The number of halogens is 3. The van der Waals surface area contributed by atoms with Gasteiger partial charge in [-0.3, -0.25) is 10.1 Å². The van der Waals surface area contributed by atoms with Gasteiger partial charge in [-0.1, -0.05) is 18.2 Å². The van der Waals surface area contributed by atoms with Crippen molar-refractivity contribution in [2.24, 2.45) is 0 Å². The van der Waals surface area contributed by atoms with Crippen LogP contribution < -0.4 is 0 Å². The predicted octanol–water partition coefficient (Wildman–Crippen LogP) is 5.11. The summed E-state index contributed by atoms with van der Waals surface area (Å²) in [6.07, 6.45) is -4.59. The maximum Gasteiger partial charge on any atom is 0.416 e. The molecular formula is C19H13F3N2O5. The van der Waals surface area contributed by atoms with E-state index in [2.05, 4.69) is 4.98 Å². The van der Waals surface area contributed by atoms with Crippen LogP contribution in [0, 0.1) is 10.1 Å². The van der Waals surface area contributed by atoms with E-state index in [0.29, 0.717) is 0 Å². The predicted molar refractivity (Wildman–Crippen MR) is 95.0 cm³/mol. The highest BCUT2D eigenvalue weighted by Crippen LogP contribution is 2.37. The number of aromatic nitrogens is 1. The van der Waals surface area contributed by atoms with E-state index in [1.165, 1.54) is 30.3 Å². The largest absolute Gasteiger partial charge is 0.461 e. The van der Waals surface area contributed by atoms with Gasteiger partial charge in [0.1, 0.15) is 0 Å². The van der Waals surface area contributed by atoms with Crippen LogP contribution in [0.3, 0.4) is 0 Å². The van der Waals surface area contributed by atoms with Crippen molar-refractivity contribution >= 4 is 11.7 Å². The van der Waals surface area contributed by atoms with Crippen molar-refractivity contribution in [3.63, 3.8) is 0 Å². The average Bonchev–Trinajstić information content (AvgIpc) is 3.13. The molecule has 0 atom stereocenters. The second-order valence-electron chi connectivity index (χ2n) is 5.77. The van der Waals surface area contributed by atoms with E-state index >= 15 is 0 Å². The number of nitro groups is 1. The van der Waals surface area contributed by atoms with Crippen molar-refractivity contribution in [3.8, 4) is 22.8 Å². The third-order valence-corrected chi connectivity index (χ3v) is 3.88. The van der Waals surface area contributed by atoms with Crippen LogP contribution in [-0.2, 0) is 10.9 Å². The Morgan fingerprint density at radius 2 is 1.93 bits per heavy atom. The first kappa shape index (κ1) is 20.1. The maximum atomic E-state index is 13.0. The third-order valence-electron chi connectivity index (χ3n) is 3.88. The quantitative estimate of drug-likeness (QED) is 0.332. The van der Waals surface area contributed by atoms with E-state index < -0.39 is 22.6 Å². The number of nitro benzene ring substituents is 1. The van der Waals surface area contributed by atoms with Crippen LogP contribution in [0.4, 0.5) is 18.9 Å². The first-order valence-corrected chi connectivity index (χ1v) is 8.31. The minimum absolute atomic E-state index is 0.000901. The van der Waals surface area contributed by atoms with E-state index in [4.69, 9.17) is 9.15 Å². The second-order valence-corrected chi connectivity index (χ2v) is 5.77. The van der Waals surface area contributed by atoms with Gasteiger partial charge in [-0.2, -0.15) is 13.2 Å². The maximum absolute atomic E-state index is 13.0. The molecule has 3 aromatic rings. The lowest BCUT2D eigenvalue weighted by Crippen LogP contribution is -2.07. The Hall–Kier alpha value is -3.69. The summed E-state index contributed by atoms with van der Waals surface area (Å²) in [5.41, 5.74) is -1.75. The van der Waals surface area contributed by atoms with E-state index in [-0.39, 0.29) is 40.8 Å². The molecule has 0 saturated carbocycles. The number of carbonyl (C=O) groups excluding carboxylic acids is 1. The summed E-state index contributed by atoms with van der Waals surface area (Å²) in [6, 6.07) is 9.63. The number of hydrogen-bond acceptors (Lipinski definition) is 6. The van der Waals surface area contributed by atoms with Gasteiger partial charge in [0.05, 0.1) is 22.7 Å². The van der Waals surface area contributed by atoms with E-state index in [0.717, 1.165) is 18.2 Å². The summed E-state index contributed by atoms with van der Waals surface area (Å²) in [5.74, 6) is -1.47. The Morgan fingerprint density at radius 1 is 1.21 bits per heavy atom. The SMILES string of the molecule is CCOC(=O)c1nc(-c2cccc(C(F)(F)F)c2)oc1-c1ccccc1[N+](=O)[O-]. The number of benzene rings is 2. The lowest BCUT2D eigenvalue weighted by atomic mass is 10.1. The van der Waals surface area contributed by atoms with E-state index in [1.807, 2.05) is 0 Å². The van der Waals surface area contributed by atoms with Gasteiger partial charge in [-0.25, -0.2) is 9.78 Å². The van der Waals surface area contributed by atoms with Crippen molar-refractivity contribution in [2.45, 2.75) is 13.1 Å². The fourth-order valence-electron chi connectivity index (χ4n) is 2.62. The monoisotopic (exact) mass is 406 g/mol. The zero-order valence-electron chi connectivity index (χ0n) is 14.9. The molecule has 150 valence electrons. The van der Waals surface area contributed by atoms with Gasteiger partial charge in [-0.15, -0.1) is 0 Å². The van der Waals surface area contributed by atoms with Crippen LogP contribution in [0.5, 0.6) is 0 Å². The number of nitrogens with zero attached hydrogens (tertiary/aromatic N) is 2. The number of ether oxygens (including phenoxy) is 1. The second kappa shape index (κ2) is 7.74. The van der Waals surface area contributed by atoms with Crippen LogP contribution in [0.2, 0.25) is 0 Å². The molecule has 0 amide bonds. The highest BCUT2D eigenvalue weighted by atomic mass is 19.4. The summed E-state index contributed by atoms with van der Waals surface area (Å²) >= 11 is 0. The van der Waals surface area contributed by atoms with E-state index in [1.54, 1.807) is 6.92 Å². The van der Waals surface area contributed by atoms with Crippen LogP contribution in [-0.4, -0.2) is 22.5 Å². The molecule has 0 N–H and O–H groups in total. The minimum atomic E-state index is -4.59. The number of esters is 1. The molecule has 0 fully saturated rings. The zero-order chi connectivity index (χ0) is 21.2. The molecule has 7 nitrogen and oxygen atoms in total. The van der Waals surface area contributed by atoms with Gasteiger partial charge in [0.25, 0.3) is 5.69 Å². The third kappa shape index (κ3) is 4.10. The fourth-order valence-corrected chi connectivity index (χ4v) is 2.62. The van der Waals surface area contributed by atoms with Crippen LogP contribution in [0.15, 0.2) is 52.9 Å². The minimum Gasteiger partial charge on any atom is -0.461 e. The Balaban J connectivity index is 2.20. The summed E-state index contributed by atoms with van der Waals surface area (Å²) < 4.78 is 49.4. The van der Waals surface area contributed by atoms with Gasteiger partial charge in [0.15, 0.2) is 11.5 Å². The molecule has 10 heteroatoms. The van der Waals surface area contributed by atoms with E-state index in [9.17, 15) is 28.1 Å². The fraction of sp³-hybridized carbons (Fsp3) is 0.158. The Kier molecular flexibility index (Phi) is 5.35. The number of alkyl halides is 3. The molecule has 1 heterocycles. The lowest BCUT2D eigenvalue weighted by molar-refractivity contribution is -0.384. The molecule has 29 heavy (non-hydrogen) atoms. The standard InChI is InChI=1S/C19H13F3N2O5/c1-2-28-18(25)15-16(13-8-3-4-9-14(13)24(26)27)29-17(23-15)11-6-5-7-12(10-11)19(20,21)22/h3-10H,2H2,1H3. The summed E-state index contributed by atoms with van der Waals surface area (Å²) in [6.45, 7) is 1.55. The number of hydrogen-bond donors (Lipinski definition) is 0. The molecular weight excluding hydrogens is 393 g/mol. The average molecular weight is 406 g/mol. The molecule has 2 aromatic carbocycles. The molecule has 0 spiro atoms. The van der Waals surface area contributed by atoms with Gasteiger partial charge in [0, 0.05) is 11.6 Å². The molecule has 0 bridgehead atoms. The normalized spacial score (nSPS) is 11.3. The molecule has 3 rings (SSSR count). The number of rotatable bonds is 5. The highest BCUT2D eigenvalue weighted by Gasteiger charge is 2.32. The Morgan fingerprint density at radius 3 is 2.59 bits per heavy atom. The van der Waals surface area contributed by atoms with Crippen molar-refractivity contribution in [1.82, 2.24) is 4.98 Å². The molecule has 0 saturated heterocycles. The molecule has 0 aliphatic carbocycles. The molecule has 0 aliphatic heterocycles. The Labute approximate surface area is 161 Å². The van der Waals surface area contributed by atoms with Gasteiger partial charge in [0.2, 0.25) is 5.89 Å². The van der Waals surface area contributed by atoms with Crippen LogP contribution >= 0.6 is 0 Å². The van der Waals surface area contributed by atoms with Gasteiger partial charge >= 0.3 is 12.1 Å². The number of para-hydroxylation sites is 1. The molecule has 0 aliphatic rings. The highest BCUT2D eigenvalue weighted by molar-refractivity contribution is 5.95. The van der Waals surface area contributed by atoms with Crippen LogP contribution in [0.25, 0.3) is 22.8 Å². The number of carbonyl (C=O) groups is 1. The topological polar surface area (TPSA) is 95.5 Å². The molecule has 0 radical (unpaired) electrons. The van der Waals surface area contributed by atoms with Crippen molar-refractivity contribution < 1.29 is 32.0 Å². The Bertz CT molecular complexity index is 1080. The zero-order valence-corrected chi connectivity index (χ0v) is 14.9. The summed E-state index contributed by atoms with van der Waals surface area (Å²) in [4.78, 5) is 26.9. The van der Waals surface area contributed by atoms with Crippen LogP contribution in [0.1, 0.15) is 23.0 Å². The summed E-state index contributed by atoms with van der Waals surface area (Å²) in [7, 11) is 0. The number of oxazole rings is 1. The van der Waals surface area contributed by atoms with Crippen molar-refractivity contribution in [3.05, 3.63) is 69.9 Å². The smallest absolute Gasteiger partial charge is 0.416 e. The molecule has 1 aromatic heterocycles. The van der Waals surface area contributed by atoms with Crippen molar-refractivity contribution in [2.75, 3.05) is 6.61 Å².